The van der Waals surface area contributed by atoms with Crippen molar-refractivity contribution in [1.29, 1.82) is 0 Å². The third-order valence-electron chi connectivity index (χ3n) is 3.83. The van der Waals surface area contributed by atoms with Crippen LogP contribution in [0.2, 0.25) is 0 Å². The Labute approximate surface area is 146 Å². The van der Waals surface area contributed by atoms with Crippen LogP contribution >= 0.6 is 0 Å². The first-order valence-electron chi connectivity index (χ1n) is 7.95. The molecule has 25 heavy (non-hydrogen) atoms. The molecular weight excluding hydrogens is 347 g/mol. The summed E-state index contributed by atoms with van der Waals surface area (Å²) >= 11 is 0. The van der Waals surface area contributed by atoms with Crippen LogP contribution in [0.3, 0.4) is 0 Å². The molecule has 1 heterocycles. The molecule has 0 aliphatic rings. The summed E-state index contributed by atoms with van der Waals surface area (Å²) in [7, 11) is -4.00. The Hall–Kier alpha value is -2.19. The first-order chi connectivity index (χ1) is 11.8. The number of sulfonamides is 1. The highest BCUT2D eigenvalue weighted by atomic mass is 32.2. The minimum Gasteiger partial charge on any atom is -0.467 e. The summed E-state index contributed by atoms with van der Waals surface area (Å²) in [5.41, 5.74) is 0.0607. The third-order valence-corrected chi connectivity index (χ3v) is 5.90. The van der Waals surface area contributed by atoms with Crippen molar-refractivity contribution >= 4 is 15.9 Å². The van der Waals surface area contributed by atoms with E-state index < -0.39 is 32.7 Å². The molecular formula is C17H21FN2O4S. The summed E-state index contributed by atoms with van der Waals surface area (Å²) in [6, 6.07) is 6.31. The van der Waals surface area contributed by atoms with Crippen LogP contribution < -0.4 is 5.32 Å². The standard InChI is InChI=1S/C17H21FN2O4S/c1-4-20(5-2)25(22,23)16-11-13(8-9-14(16)18)17(21)19-12(3)15-7-6-10-24-15/h6-12H,4-5H2,1-3H3,(H,19,21). The number of hydrogen-bond donors (Lipinski definition) is 1. The molecule has 1 aromatic heterocycles. The van der Waals surface area contributed by atoms with E-state index in [1.165, 1.54) is 12.3 Å². The molecule has 1 amide bonds. The van der Waals surface area contributed by atoms with Crippen molar-refractivity contribution in [2.24, 2.45) is 0 Å². The van der Waals surface area contributed by atoms with Crippen LogP contribution in [0.1, 0.15) is 42.9 Å². The van der Waals surface area contributed by atoms with Crippen LogP contribution in [0, 0.1) is 5.82 Å². The lowest BCUT2D eigenvalue weighted by Gasteiger charge is -2.19. The minimum atomic E-state index is -4.00. The van der Waals surface area contributed by atoms with E-state index in [-0.39, 0.29) is 18.7 Å². The Morgan fingerprint density at radius 3 is 2.52 bits per heavy atom. The van der Waals surface area contributed by atoms with Crippen molar-refractivity contribution in [1.82, 2.24) is 9.62 Å². The topological polar surface area (TPSA) is 79.6 Å². The van der Waals surface area contributed by atoms with Crippen LogP contribution in [-0.4, -0.2) is 31.7 Å². The second kappa shape index (κ2) is 7.79. The molecule has 1 aromatic carbocycles. The van der Waals surface area contributed by atoms with Gasteiger partial charge in [-0.25, -0.2) is 12.8 Å². The molecule has 0 spiro atoms. The van der Waals surface area contributed by atoms with Crippen LogP contribution in [0.25, 0.3) is 0 Å². The molecule has 1 unspecified atom stereocenters. The normalized spacial score (nSPS) is 13.0. The number of furan rings is 1. The van der Waals surface area contributed by atoms with Crippen LogP contribution in [-0.2, 0) is 10.0 Å². The molecule has 8 heteroatoms. The second-order valence-electron chi connectivity index (χ2n) is 5.45. The van der Waals surface area contributed by atoms with Gasteiger partial charge >= 0.3 is 0 Å². The van der Waals surface area contributed by atoms with E-state index in [1.54, 1.807) is 32.9 Å². The summed E-state index contributed by atoms with van der Waals surface area (Å²) in [6.07, 6.45) is 1.49. The number of nitrogens with zero attached hydrogens (tertiary/aromatic N) is 1. The summed E-state index contributed by atoms with van der Waals surface area (Å²) in [6.45, 7) is 5.49. The van der Waals surface area contributed by atoms with Gasteiger partial charge < -0.3 is 9.73 Å². The predicted molar refractivity (Wildman–Crippen MR) is 91.1 cm³/mol. The summed E-state index contributed by atoms with van der Waals surface area (Å²) < 4.78 is 45.5. The molecule has 136 valence electrons. The Bertz CT molecular complexity index is 830. The van der Waals surface area contributed by atoms with Gasteiger partial charge in [0.15, 0.2) is 0 Å². The molecule has 2 aromatic rings. The number of rotatable bonds is 7. The minimum absolute atomic E-state index is 0.0607. The van der Waals surface area contributed by atoms with Gasteiger partial charge in [-0.05, 0) is 37.3 Å². The zero-order valence-electron chi connectivity index (χ0n) is 14.3. The molecule has 2 rings (SSSR count). The highest BCUT2D eigenvalue weighted by Gasteiger charge is 2.26. The van der Waals surface area contributed by atoms with Crippen LogP contribution in [0.4, 0.5) is 4.39 Å². The first-order valence-corrected chi connectivity index (χ1v) is 9.39. The maximum Gasteiger partial charge on any atom is 0.251 e. The van der Waals surface area contributed by atoms with Gasteiger partial charge in [0.25, 0.3) is 5.91 Å². The van der Waals surface area contributed by atoms with Gasteiger partial charge in [0.05, 0.1) is 12.3 Å². The highest BCUT2D eigenvalue weighted by molar-refractivity contribution is 7.89. The van der Waals surface area contributed by atoms with E-state index in [0.29, 0.717) is 5.76 Å². The molecule has 6 nitrogen and oxygen atoms in total. The van der Waals surface area contributed by atoms with E-state index in [2.05, 4.69) is 5.32 Å². The molecule has 0 bridgehead atoms. The van der Waals surface area contributed by atoms with Gasteiger partial charge in [-0.3, -0.25) is 4.79 Å². The van der Waals surface area contributed by atoms with Crippen LogP contribution in [0.15, 0.2) is 45.9 Å². The maximum atomic E-state index is 14.1. The Morgan fingerprint density at radius 1 is 1.28 bits per heavy atom. The lowest BCUT2D eigenvalue weighted by molar-refractivity contribution is 0.0935. The van der Waals surface area contributed by atoms with Gasteiger partial charge in [-0.15, -0.1) is 0 Å². The molecule has 0 radical (unpaired) electrons. The number of amides is 1. The maximum absolute atomic E-state index is 14.1. The van der Waals surface area contributed by atoms with Gasteiger partial charge in [-0.1, -0.05) is 13.8 Å². The van der Waals surface area contributed by atoms with E-state index in [9.17, 15) is 17.6 Å². The van der Waals surface area contributed by atoms with Gasteiger partial charge in [0.2, 0.25) is 10.0 Å². The molecule has 0 fully saturated rings. The summed E-state index contributed by atoms with van der Waals surface area (Å²) in [4.78, 5) is 11.9. The molecule has 1 atom stereocenters. The average molecular weight is 368 g/mol. The number of hydrogen-bond acceptors (Lipinski definition) is 4. The fourth-order valence-corrected chi connectivity index (χ4v) is 3.98. The van der Waals surface area contributed by atoms with E-state index in [0.717, 1.165) is 16.4 Å². The number of halogens is 1. The Kier molecular flexibility index (Phi) is 5.97. The molecule has 0 aliphatic heterocycles. The van der Waals surface area contributed by atoms with Crippen molar-refractivity contribution in [2.45, 2.75) is 31.7 Å². The molecule has 0 saturated carbocycles. The lowest BCUT2D eigenvalue weighted by Crippen LogP contribution is -2.32. The van der Waals surface area contributed by atoms with Crippen molar-refractivity contribution in [2.75, 3.05) is 13.1 Å². The Balaban J connectivity index is 2.30. The number of benzene rings is 1. The molecule has 0 saturated heterocycles. The van der Waals surface area contributed by atoms with Gasteiger partial charge in [0.1, 0.15) is 16.5 Å². The predicted octanol–water partition coefficient (Wildman–Crippen LogP) is 2.94. The highest BCUT2D eigenvalue weighted by Crippen LogP contribution is 2.21. The lowest BCUT2D eigenvalue weighted by atomic mass is 10.2. The largest absolute Gasteiger partial charge is 0.467 e. The van der Waals surface area contributed by atoms with Gasteiger partial charge in [-0.2, -0.15) is 4.31 Å². The zero-order valence-corrected chi connectivity index (χ0v) is 15.1. The fourth-order valence-electron chi connectivity index (χ4n) is 2.43. The number of carbonyl (C=O) groups is 1. The van der Waals surface area contributed by atoms with E-state index >= 15 is 0 Å². The second-order valence-corrected chi connectivity index (χ2v) is 7.35. The first kappa shape index (κ1) is 19.1. The zero-order chi connectivity index (χ0) is 18.6. The van der Waals surface area contributed by atoms with Crippen molar-refractivity contribution in [3.8, 4) is 0 Å². The molecule has 0 aliphatic carbocycles. The van der Waals surface area contributed by atoms with E-state index in [1.807, 2.05) is 0 Å². The quantitative estimate of drug-likeness (QED) is 0.815. The summed E-state index contributed by atoms with van der Waals surface area (Å²) in [5.74, 6) is -0.839. The smallest absolute Gasteiger partial charge is 0.251 e. The molecule has 1 N–H and O–H groups in total. The van der Waals surface area contributed by atoms with E-state index in [4.69, 9.17) is 4.42 Å². The van der Waals surface area contributed by atoms with Gasteiger partial charge in [0, 0.05) is 18.7 Å². The SMILES string of the molecule is CCN(CC)S(=O)(=O)c1cc(C(=O)NC(C)c2ccco2)ccc1F. The average Bonchev–Trinajstić information content (AvgIpc) is 3.10. The number of carbonyl (C=O) groups excluding carboxylic acids is 1. The number of nitrogens with one attached hydrogen (secondary N) is 1. The fraction of sp³-hybridized carbons (Fsp3) is 0.353. The van der Waals surface area contributed by atoms with Crippen LogP contribution in [0.5, 0.6) is 0 Å². The monoisotopic (exact) mass is 368 g/mol. The van der Waals surface area contributed by atoms with Crippen molar-refractivity contribution < 1.29 is 22.0 Å². The Morgan fingerprint density at radius 2 is 1.96 bits per heavy atom. The van der Waals surface area contributed by atoms with Crippen molar-refractivity contribution in [3.63, 3.8) is 0 Å². The third kappa shape index (κ3) is 4.08. The summed E-state index contributed by atoms with van der Waals surface area (Å²) in [5, 5.41) is 2.69. The van der Waals surface area contributed by atoms with Crippen molar-refractivity contribution in [3.05, 3.63) is 53.7 Å².